The van der Waals surface area contributed by atoms with E-state index >= 15 is 0 Å². The highest BCUT2D eigenvalue weighted by Crippen LogP contribution is 2.45. The Kier molecular flexibility index (Phi) is 53.2. The minimum atomic E-state index is -4.94. The van der Waals surface area contributed by atoms with E-state index in [1.54, 1.807) is 0 Å². The molecular weight excluding hydrogens is 1090 g/mol. The second-order valence-electron chi connectivity index (χ2n) is 24.0. The molecule has 0 bridgehead atoms. The number of aliphatic hydroxyl groups is 1. The molecule has 82 heavy (non-hydrogen) atoms. The SMILES string of the molecule is CCCCCCCCCCCC(=O)OC[C@H](COP(=O)(O)OC[C@H](O)COP(=O)(O)OC[C@@H](COC(=O)CCCCCCCCC(C)CC)OC(=O)CCCCCCCCCCCCCC(C)C)OC(=O)CCCCCCCCC(C)C. The van der Waals surface area contributed by atoms with Crippen molar-refractivity contribution in [2.75, 3.05) is 39.6 Å². The fraction of sp³-hybridized carbons (Fsp3) is 0.937. The van der Waals surface area contributed by atoms with Gasteiger partial charge in [-0.25, -0.2) is 9.13 Å². The maximum Gasteiger partial charge on any atom is 0.472 e. The van der Waals surface area contributed by atoms with E-state index in [4.69, 9.17) is 37.0 Å². The van der Waals surface area contributed by atoms with Crippen molar-refractivity contribution in [1.82, 2.24) is 0 Å². The molecular formula is C63H122O17P2. The molecule has 3 N–H and O–H groups in total. The maximum absolute atomic E-state index is 13.0. The molecule has 0 aromatic rings. The van der Waals surface area contributed by atoms with E-state index in [2.05, 4.69) is 48.5 Å². The highest BCUT2D eigenvalue weighted by molar-refractivity contribution is 7.47. The average Bonchev–Trinajstić information content (AvgIpc) is 3.43. The minimum Gasteiger partial charge on any atom is -0.462 e. The van der Waals surface area contributed by atoms with Crippen LogP contribution in [0.5, 0.6) is 0 Å². The van der Waals surface area contributed by atoms with Gasteiger partial charge in [0.05, 0.1) is 26.4 Å². The molecule has 0 aliphatic rings. The van der Waals surface area contributed by atoms with E-state index in [0.29, 0.717) is 31.6 Å². The van der Waals surface area contributed by atoms with Crippen molar-refractivity contribution in [3.63, 3.8) is 0 Å². The monoisotopic (exact) mass is 1210 g/mol. The predicted octanol–water partition coefficient (Wildman–Crippen LogP) is 17.1. The van der Waals surface area contributed by atoms with Crippen molar-refractivity contribution >= 4 is 39.5 Å². The molecule has 0 fully saturated rings. The molecule has 0 radical (unpaired) electrons. The highest BCUT2D eigenvalue weighted by Gasteiger charge is 2.30. The molecule has 0 aromatic carbocycles. The molecule has 19 heteroatoms. The zero-order valence-corrected chi connectivity index (χ0v) is 54.7. The quantitative estimate of drug-likeness (QED) is 0.0222. The van der Waals surface area contributed by atoms with Crippen LogP contribution in [0.2, 0.25) is 0 Å². The summed E-state index contributed by atoms with van der Waals surface area (Å²) in [6.45, 7) is 11.6. The number of hydrogen-bond donors (Lipinski definition) is 3. The number of phosphoric ester groups is 2. The van der Waals surface area contributed by atoms with Crippen LogP contribution in [0.25, 0.3) is 0 Å². The summed E-state index contributed by atoms with van der Waals surface area (Å²) in [6.07, 6.45) is 35.0. The zero-order valence-electron chi connectivity index (χ0n) is 52.9. The largest absolute Gasteiger partial charge is 0.472 e. The van der Waals surface area contributed by atoms with Gasteiger partial charge in [-0.05, 0) is 43.4 Å². The van der Waals surface area contributed by atoms with E-state index in [1.165, 1.54) is 109 Å². The van der Waals surface area contributed by atoms with Crippen LogP contribution < -0.4 is 0 Å². The van der Waals surface area contributed by atoms with Gasteiger partial charge in [-0.15, -0.1) is 0 Å². The molecule has 0 saturated heterocycles. The van der Waals surface area contributed by atoms with Crippen LogP contribution in [0.4, 0.5) is 0 Å². The number of rotatable bonds is 61. The van der Waals surface area contributed by atoms with Gasteiger partial charge in [0, 0.05) is 25.7 Å². The lowest BCUT2D eigenvalue weighted by Gasteiger charge is -2.21. The third-order valence-electron chi connectivity index (χ3n) is 14.7. The van der Waals surface area contributed by atoms with Gasteiger partial charge in [0.2, 0.25) is 0 Å². The third kappa shape index (κ3) is 55.9. The predicted molar refractivity (Wildman–Crippen MR) is 326 cm³/mol. The Labute approximate surface area is 498 Å². The van der Waals surface area contributed by atoms with Crippen LogP contribution in [0, 0.1) is 17.8 Å². The number of carbonyl (C=O) groups is 4. The molecule has 0 spiro atoms. The van der Waals surface area contributed by atoms with Gasteiger partial charge in [-0.1, -0.05) is 254 Å². The second-order valence-corrected chi connectivity index (χ2v) is 26.9. The summed E-state index contributed by atoms with van der Waals surface area (Å²) in [5, 5.41) is 10.5. The van der Waals surface area contributed by atoms with Crippen LogP contribution in [0.1, 0.15) is 305 Å². The van der Waals surface area contributed by atoms with Gasteiger partial charge in [0.1, 0.15) is 19.3 Å². The summed E-state index contributed by atoms with van der Waals surface area (Å²) >= 11 is 0. The van der Waals surface area contributed by atoms with Crippen LogP contribution in [0.3, 0.4) is 0 Å². The fourth-order valence-electron chi connectivity index (χ4n) is 9.27. The molecule has 3 unspecified atom stereocenters. The summed E-state index contributed by atoms with van der Waals surface area (Å²) in [6, 6.07) is 0. The molecule has 0 aliphatic heterocycles. The van der Waals surface area contributed by atoms with Crippen molar-refractivity contribution in [3.05, 3.63) is 0 Å². The van der Waals surface area contributed by atoms with Crippen molar-refractivity contribution in [2.24, 2.45) is 17.8 Å². The number of carbonyl (C=O) groups excluding carboxylic acids is 4. The molecule has 0 aliphatic carbocycles. The zero-order chi connectivity index (χ0) is 61.0. The van der Waals surface area contributed by atoms with E-state index in [9.17, 15) is 43.2 Å². The van der Waals surface area contributed by atoms with Gasteiger partial charge < -0.3 is 33.8 Å². The first-order chi connectivity index (χ1) is 39.3. The second kappa shape index (κ2) is 54.5. The first kappa shape index (κ1) is 80.1. The Hall–Kier alpha value is -1.94. The van der Waals surface area contributed by atoms with Gasteiger partial charge >= 0.3 is 39.5 Å². The highest BCUT2D eigenvalue weighted by atomic mass is 31.2. The van der Waals surface area contributed by atoms with E-state index < -0.39 is 97.5 Å². The Morgan fingerprint density at radius 1 is 0.354 bits per heavy atom. The van der Waals surface area contributed by atoms with Crippen molar-refractivity contribution in [1.29, 1.82) is 0 Å². The Balaban J connectivity index is 5.23. The molecule has 0 aromatic heterocycles. The molecule has 6 atom stereocenters. The maximum atomic E-state index is 13.0. The van der Waals surface area contributed by atoms with Crippen molar-refractivity contribution < 1.29 is 80.2 Å². The number of hydrogen-bond acceptors (Lipinski definition) is 15. The third-order valence-corrected chi connectivity index (χ3v) is 16.6. The van der Waals surface area contributed by atoms with Gasteiger partial charge in [0.25, 0.3) is 0 Å². The summed E-state index contributed by atoms with van der Waals surface area (Å²) in [4.78, 5) is 72.1. The lowest BCUT2D eigenvalue weighted by molar-refractivity contribution is -0.161. The lowest BCUT2D eigenvalue weighted by Crippen LogP contribution is -2.30. The number of aliphatic hydroxyl groups excluding tert-OH is 1. The average molecular weight is 1210 g/mol. The number of phosphoric acid groups is 2. The number of esters is 4. The fourth-order valence-corrected chi connectivity index (χ4v) is 10.9. The molecule has 17 nitrogen and oxygen atoms in total. The van der Waals surface area contributed by atoms with Crippen LogP contribution >= 0.6 is 15.6 Å². The van der Waals surface area contributed by atoms with Crippen LogP contribution in [0.15, 0.2) is 0 Å². The topological polar surface area (TPSA) is 237 Å². The van der Waals surface area contributed by atoms with Gasteiger partial charge in [-0.2, -0.15) is 0 Å². The first-order valence-corrected chi connectivity index (χ1v) is 35.9. The van der Waals surface area contributed by atoms with Crippen molar-refractivity contribution in [3.8, 4) is 0 Å². The van der Waals surface area contributed by atoms with E-state index in [0.717, 1.165) is 108 Å². The Morgan fingerprint density at radius 3 is 0.927 bits per heavy atom. The Morgan fingerprint density at radius 2 is 0.622 bits per heavy atom. The first-order valence-electron chi connectivity index (χ1n) is 32.9. The van der Waals surface area contributed by atoms with Crippen LogP contribution in [-0.2, 0) is 65.4 Å². The summed E-state index contributed by atoms with van der Waals surface area (Å²) in [7, 11) is -9.88. The van der Waals surface area contributed by atoms with E-state index in [-0.39, 0.29) is 25.7 Å². The smallest absolute Gasteiger partial charge is 0.462 e. The van der Waals surface area contributed by atoms with E-state index in [1.807, 2.05) is 0 Å². The molecule has 0 saturated carbocycles. The molecule has 0 heterocycles. The molecule has 0 rings (SSSR count). The standard InChI is InChI=1S/C63H122O17P2/c1-8-10-11-12-13-17-21-30-37-44-60(65)73-50-59(80-63(68)47-40-33-25-23-28-35-42-55(5)6)53-78-82(71,72)76-49-57(64)48-75-81(69,70)77-52-58(51-74-61(66)45-38-31-26-24-29-36-43-56(7)9-2)79-62(67)46-39-32-22-19-16-14-15-18-20-27-34-41-54(3)4/h54-59,64H,8-53H2,1-7H3,(H,69,70)(H,71,72)/t56?,57-,58-,59-/m1/s1. The summed E-state index contributed by atoms with van der Waals surface area (Å²) < 4.78 is 67.9. The minimum absolute atomic E-state index is 0.102. The van der Waals surface area contributed by atoms with Crippen molar-refractivity contribution in [2.45, 2.75) is 324 Å². The summed E-state index contributed by atoms with van der Waals surface area (Å²) in [5.41, 5.74) is 0. The number of ether oxygens (including phenoxy) is 4. The molecule has 0 amide bonds. The Bertz CT molecular complexity index is 1630. The molecule has 486 valence electrons. The van der Waals surface area contributed by atoms with Gasteiger partial charge in [-0.3, -0.25) is 37.3 Å². The van der Waals surface area contributed by atoms with Gasteiger partial charge in [0.15, 0.2) is 12.2 Å². The number of unbranched alkanes of at least 4 members (excludes halogenated alkanes) is 28. The van der Waals surface area contributed by atoms with Crippen LogP contribution in [-0.4, -0.2) is 96.7 Å². The lowest BCUT2D eigenvalue weighted by atomic mass is 10.00. The normalized spacial score (nSPS) is 14.7. The summed E-state index contributed by atoms with van der Waals surface area (Å²) in [5.74, 6) is 0.0229.